The van der Waals surface area contributed by atoms with Gasteiger partial charge in [0.1, 0.15) is 5.75 Å². The van der Waals surface area contributed by atoms with Crippen molar-refractivity contribution < 1.29 is 9.53 Å². The van der Waals surface area contributed by atoms with Gasteiger partial charge in [-0.1, -0.05) is 42.5 Å². The van der Waals surface area contributed by atoms with Crippen LogP contribution in [-0.4, -0.2) is 44.6 Å². The van der Waals surface area contributed by atoms with E-state index in [-0.39, 0.29) is 11.9 Å². The fourth-order valence-corrected chi connectivity index (χ4v) is 3.13. The zero-order valence-corrected chi connectivity index (χ0v) is 16.1. The molecule has 0 aliphatic carbocycles. The maximum atomic E-state index is 12.6. The predicted molar refractivity (Wildman–Crippen MR) is 110 cm³/mol. The molecule has 1 N–H and O–H groups in total. The predicted octanol–water partition coefficient (Wildman–Crippen LogP) is 3.75. The minimum Gasteiger partial charge on any atom is -0.497 e. The summed E-state index contributed by atoms with van der Waals surface area (Å²) in [6.45, 7) is 0.599. The Kier molecular flexibility index (Phi) is 6.09. The Balaban J connectivity index is 1.67. The number of rotatable bonds is 7. The van der Waals surface area contributed by atoms with Crippen LogP contribution in [0.3, 0.4) is 0 Å². The molecule has 0 spiro atoms. The van der Waals surface area contributed by atoms with Gasteiger partial charge in [-0.25, -0.2) is 0 Å². The average molecular weight is 362 g/mol. The van der Waals surface area contributed by atoms with E-state index in [1.165, 1.54) is 5.56 Å². The third-order valence-corrected chi connectivity index (χ3v) is 4.85. The molecular formula is C23H26N2O2. The summed E-state index contributed by atoms with van der Waals surface area (Å²) in [7, 11) is 5.74. The summed E-state index contributed by atoms with van der Waals surface area (Å²) in [5, 5.41) is 5.16. The van der Waals surface area contributed by atoms with E-state index < -0.39 is 0 Å². The van der Waals surface area contributed by atoms with Crippen molar-refractivity contribution in [2.24, 2.45) is 0 Å². The average Bonchev–Trinajstić information content (AvgIpc) is 2.70. The van der Waals surface area contributed by atoms with Crippen LogP contribution in [0, 0.1) is 0 Å². The van der Waals surface area contributed by atoms with Crippen LogP contribution in [0.15, 0.2) is 66.7 Å². The zero-order valence-electron chi connectivity index (χ0n) is 16.1. The molecule has 4 heteroatoms. The fourth-order valence-electron chi connectivity index (χ4n) is 3.13. The van der Waals surface area contributed by atoms with Crippen LogP contribution in [0.5, 0.6) is 5.75 Å². The number of likely N-dealkylation sites (N-methyl/N-ethyl adjacent to an activating group) is 1. The Bertz CT molecular complexity index is 907. The number of fused-ring (bicyclic) bond motifs is 1. The molecule has 27 heavy (non-hydrogen) atoms. The van der Waals surface area contributed by atoms with E-state index in [4.69, 9.17) is 4.74 Å². The number of carbonyl (C=O) groups excluding carboxylic acids is 1. The number of hydrogen-bond donors (Lipinski definition) is 1. The van der Waals surface area contributed by atoms with Gasteiger partial charge in [-0.3, -0.25) is 4.79 Å². The molecule has 0 aliphatic rings. The molecule has 3 aromatic carbocycles. The second kappa shape index (κ2) is 8.69. The Labute approximate surface area is 160 Å². The smallest absolute Gasteiger partial charge is 0.251 e. The minimum absolute atomic E-state index is 0.0485. The summed E-state index contributed by atoms with van der Waals surface area (Å²) in [5.41, 5.74) is 1.94. The summed E-state index contributed by atoms with van der Waals surface area (Å²) in [6.07, 6.45) is 0.894. The SMILES string of the molecule is COc1ccc2cc(C(=O)NCC(Cc3ccccc3)N(C)C)ccc2c1. The third kappa shape index (κ3) is 4.86. The van der Waals surface area contributed by atoms with E-state index in [1.807, 2.05) is 68.7 Å². The van der Waals surface area contributed by atoms with Crippen molar-refractivity contribution in [1.82, 2.24) is 10.2 Å². The number of amides is 1. The van der Waals surface area contributed by atoms with Crippen LogP contribution >= 0.6 is 0 Å². The molecule has 0 aromatic heterocycles. The minimum atomic E-state index is -0.0485. The lowest BCUT2D eigenvalue weighted by atomic mass is 10.0. The van der Waals surface area contributed by atoms with Crippen molar-refractivity contribution in [3.8, 4) is 5.75 Å². The molecule has 0 fully saturated rings. The van der Waals surface area contributed by atoms with Crippen molar-refractivity contribution in [2.45, 2.75) is 12.5 Å². The first-order valence-electron chi connectivity index (χ1n) is 9.13. The fraction of sp³-hybridized carbons (Fsp3) is 0.261. The van der Waals surface area contributed by atoms with E-state index in [2.05, 4.69) is 22.3 Å². The Morgan fingerprint density at radius 3 is 2.41 bits per heavy atom. The molecule has 1 amide bonds. The van der Waals surface area contributed by atoms with Crippen molar-refractivity contribution >= 4 is 16.7 Å². The van der Waals surface area contributed by atoms with Crippen molar-refractivity contribution in [3.05, 3.63) is 77.9 Å². The molecule has 3 rings (SSSR count). The molecule has 0 bridgehead atoms. The van der Waals surface area contributed by atoms with E-state index >= 15 is 0 Å². The van der Waals surface area contributed by atoms with Crippen molar-refractivity contribution in [3.63, 3.8) is 0 Å². The normalized spacial score (nSPS) is 12.1. The van der Waals surface area contributed by atoms with Crippen LogP contribution in [0.25, 0.3) is 10.8 Å². The third-order valence-electron chi connectivity index (χ3n) is 4.85. The van der Waals surface area contributed by atoms with Crippen molar-refractivity contribution in [2.75, 3.05) is 27.7 Å². The standard InChI is InChI=1S/C23H26N2O2/c1-25(2)21(13-17-7-5-4-6-8-17)16-24-23(26)20-10-9-19-15-22(27-3)12-11-18(19)14-20/h4-12,14-15,21H,13,16H2,1-3H3,(H,24,26). The Hall–Kier alpha value is -2.85. The Morgan fingerprint density at radius 1 is 1.00 bits per heavy atom. The number of hydrogen-bond acceptors (Lipinski definition) is 3. The number of benzene rings is 3. The monoisotopic (exact) mass is 362 g/mol. The van der Waals surface area contributed by atoms with Gasteiger partial charge in [0.05, 0.1) is 7.11 Å². The van der Waals surface area contributed by atoms with Crippen LogP contribution in [0.4, 0.5) is 0 Å². The number of ether oxygens (including phenoxy) is 1. The highest BCUT2D eigenvalue weighted by Gasteiger charge is 2.15. The quantitative estimate of drug-likeness (QED) is 0.696. The highest BCUT2D eigenvalue weighted by atomic mass is 16.5. The summed E-state index contributed by atoms with van der Waals surface area (Å²) in [5.74, 6) is 0.766. The summed E-state index contributed by atoms with van der Waals surface area (Å²) in [4.78, 5) is 14.8. The highest BCUT2D eigenvalue weighted by molar-refractivity contribution is 5.98. The van der Waals surface area contributed by atoms with Crippen LogP contribution in [0.1, 0.15) is 15.9 Å². The van der Waals surface area contributed by atoms with Gasteiger partial charge in [0.25, 0.3) is 5.91 Å². The number of nitrogens with one attached hydrogen (secondary N) is 1. The molecule has 3 aromatic rings. The van der Waals surface area contributed by atoms with Crippen LogP contribution in [-0.2, 0) is 6.42 Å². The lowest BCUT2D eigenvalue weighted by Gasteiger charge is -2.25. The molecule has 1 unspecified atom stereocenters. The van der Waals surface area contributed by atoms with Gasteiger partial charge in [0, 0.05) is 18.2 Å². The molecule has 0 aliphatic heterocycles. The molecule has 0 radical (unpaired) electrons. The zero-order chi connectivity index (χ0) is 19.2. The van der Waals surface area contributed by atoms with E-state index in [0.717, 1.165) is 22.9 Å². The van der Waals surface area contributed by atoms with Gasteiger partial charge >= 0.3 is 0 Å². The first kappa shape index (κ1) is 18.9. The lowest BCUT2D eigenvalue weighted by Crippen LogP contribution is -2.41. The van der Waals surface area contributed by atoms with Gasteiger partial charge in [-0.2, -0.15) is 0 Å². The molecule has 140 valence electrons. The molecule has 0 saturated heterocycles. The Morgan fingerprint density at radius 2 is 1.70 bits per heavy atom. The molecule has 0 heterocycles. The van der Waals surface area contributed by atoms with Crippen molar-refractivity contribution in [1.29, 1.82) is 0 Å². The largest absolute Gasteiger partial charge is 0.497 e. The van der Waals surface area contributed by atoms with Gasteiger partial charge in [0.2, 0.25) is 0 Å². The second-order valence-corrected chi connectivity index (χ2v) is 6.95. The maximum Gasteiger partial charge on any atom is 0.251 e. The lowest BCUT2D eigenvalue weighted by molar-refractivity contribution is 0.0942. The van der Waals surface area contributed by atoms with E-state index in [1.54, 1.807) is 7.11 Å². The van der Waals surface area contributed by atoms with Gasteiger partial charge in [-0.15, -0.1) is 0 Å². The van der Waals surface area contributed by atoms with Gasteiger partial charge < -0.3 is 15.0 Å². The molecule has 1 atom stereocenters. The first-order chi connectivity index (χ1) is 13.1. The maximum absolute atomic E-state index is 12.6. The summed E-state index contributed by atoms with van der Waals surface area (Å²) in [6, 6.07) is 22.2. The molecular weight excluding hydrogens is 336 g/mol. The van der Waals surface area contributed by atoms with Gasteiger partial charge in [0.15, 0.2) is 0 Å². The topological polar surface area (TPSA) is 41.6 Å². The number of nitrogens with zero attached hydrogens (tertiary/aromatic N) is 1. The molecule has 4 nitrogen and oxygen atoms in total. The van der Waals surface area contributed by atoms with Crippen LogP contribution < -0.4 is 10.1 Å². The first-order valence-corrected chi connectivity index (χ1v) is 9.13. The van der Waals surface area contributed by atoms with E-state index in [0.29, 0.717) is 12.1 Å². The summed E-state index contributed by atoms with van der Waals surface area (Å²) >= 11 is 0. The van der Waals surface area contributed by atoms with Gasteiger partial charge in [-0.05, 0) is 61.1 Å². The second-order valence-electron chi connectivity index (χ2n) is 6.95. The number of carbonyl (C=O) groups is 1. The van der Waals surface area contributed by atoms with E-state index in [9.17, 15) is 4.79 Å². The summed E-state index contributed by atoms with van der Waals surface area (Å²) < 4.78 is 5.25. The van der Waals surface area contributed by atoms with Crippen LogP contribution in [0.2, 0.25) is 0 Å². The number of methoxy groups -OCH3 is 1. The highest BCUT2D eigenvalue weighted by Crippen LogP contribution is 2.21. The molecule has 0 saturated carbocycles.